The molecule has 3 amide bonds. The number of rotatable bonds is 17. The zero-order valence-corrected chi connectivity index (χ0v) is 27.2. The largest absolute Gasteiger partial charge is 0.484 e. The van der Waals surface area contributed by atoms with Crippen LogP contribution in [0.25, 0.3) is 0 Å². The minimum atomic E-state index is -1.07. The lowest BCUT2D eigenvalue weighted by molar-refractivity contribution is -0.138. The Morgan fingerprint density at radius 1 is 1.00 bits per heavy atom. The molecule has 3 aromatic carbocycles. The maximum atomic E-state index is 13.7. The van der Waals surface area contributed by atoms with Crippen molar-refractivity contribution in [1.29, 1.82) is 0 Å². The number of ether oxygens (including phenoxy) is 3. The molecule has 0 spiro atoms. The van der Waals surface area contributed by atoms with Crippen LogP contribution in [-0.2, 0) is 19.2 Å². The number of fused-ring (bicyclic) bond motifs is 1. The van der Waals surface area contributed by atoms with E-state index in [1.807, 2.05) is 0 Å². The van der Waals surface area contributed by atoms with Gasteiger partial charge in [-0.1, -0.05) is 18.2 Å². The first-order chi connectivity index (χ1) is 23.6. The van der Waals surface area contributed by atoms with Crippen LogP contribution in [0.5, 0.6) is 17.2 Å². The van der Waals surface area contributed by atoms with E-state index in [0.29, 0.717) is 54.3 Å². The number of thioether (sulfide) groups is 1. The number of carbonyl (C=O) groups is 4. The molecule has 1 unspecified atom stereocenters. The Labute approximate surface area is 285 Å². The zero-order valence-electron chi connectivity index (χ0n) is 26.4. The second kappa shape index (κ2) is 16.5. The molecule has 0 radical (unpaired) electrons. The molecule has 0 aliphatic carbocycles. The lowest BCUT2D eigenvalue weighted by atomic mass is 9.92. The van der Waals surface area contributed by atoms with Gasteiger partial charge in [0.15, 0.2) is 18.1 Å². The molecule has 0 aromatic heterocycles. The van der Waals surface area contributed by atoms with E-state index in [9.17, 15) is 28.7 Å². The van der Waals surface area contributed by atoms with Crippen molar-refractivity contribution in [3.05, 3.63) is 83.7 Å². The van der Waals surface area contributed by atoms with Crippen LogP contribution in [0, 0.1) is 5.82 Å². The standard InChI is InChI=1S/C34H37FN4O9S/c35-22-7-9-23(10-8-22)39-31(32(33(39)43)49-18-26(40)21-6-13-27-28(15-21)48-19-47-27)20-4-11-24(12-5-20)46-17-30(42)38-16-29(41)37-14-2-1-3-25(36)34(44)45/h4-13,15,25-26,31-32,40H,1-3,14,16-19,36H2,(H,37,41)(H,38,42)(H,44,45)/t25-,26?,31-,32-/m1/s1. The summed E-state index contributed by atoms with van der Waals surface area (Å²) in [7, 11) is 0. The van der Waals surface area contributed by atoms with Crippen LogP contribution in [0.3, 0.4) is 0 Å². The number of nitrogens with two attached hydrogens (primary N) is 1. The quantitative estimate of drug-likeness (QED) is 0.103. The smallest absolute Gasteiger partial charge is 0.320 e. The average molecular weight is 697 g/mol. The Kier molecular flexibility index (Phi) is 11.9. The van der Waals surface area contributed by atoms with Gasteiger partial charge in [0.2, 0.25) is 18.6 Å². The number of halogens is 1. The normalized spacial score (nSPS) is 17.5. The molecule has 1 fully saturated rings. The molecular weight excluding hydrogens is 659 g/mol. The Morgan fingerprint density at radius 2 is 1.73 bits per heavy atom. The number of benzene rings is 3. The fraction of sp³-hybridized carbons (Fsp3) is 0.353. The molecule has 260 valence electrons. The minimum absolute atomic E-state index is 0.120. The Hall–Kier alpha value is -4.86. The molecule has 3 aromatic rings. The van der Waals surface area contributed by atoms with Gasteiger partial charge >= 0.3 is 5.97 Å². The number of hydrogen-bond acceptors (Lipinski definition) is 10. The molecule has 0 bridgehead atoms. The van der Waals surface area contributed by atoms with E-state index < -0.39 is 47.0 Å². The first kappa shape index (κ1) is 35.4. The van der Waals surface area contributed by atoms with Crippen LogP contribution in [0.15, 0.2) is 66.7 Å². The van der Waals surface area contributed by atoms with Gasteiger partial charge in [0.25, 0.3) is 5.91 Å². The van der Waals surface area contributed by atoms with Crippen molar-refractivity contribution in [2.75, 3.05) is 37.1 Å². The van der Waals surface area contributed by atoms with Crippen LogP contribution < -0.4 is 35.5 Å². The molecule has 15 heteroatoms. The summed E-state index contributed by atoms with van der Waals surface area (Å²) in [6.45, 7) is -0.129. The van der Waals surface area contributed by atoms with Gasteiger partial charge in [-0.05, 0) is 78.9 Å². The zero-order chi connectivity index (χ0) is 34.9. The lowest BCUT2D eigenvalue weighted by Gasteiger charge is -2.47. The molecule has 1 saturated heterocycles. The predicted octanol–water partition coefficient (Wildman–Crippen LogP) is 2.67. The van der Waals surface area contributed by atoms with Crippen molar-refractivity contribution >= 4 is 41.1 Å². The summed E-state index contributed by atoms with van der Waals surface area (Å²) >= 11 is 1.32. The van der Waals surface area contributed by atoms with Crippen molar-refractivity contribution in [2.45, 2.75) is 42.7 Å². The van der Waals surface area contributed by atoms with E-state index >= 15 is 0 Å². The third-order valence-corrected chi connectivity index (χ3v) is 9.31. The first-order valence-electron chi connectivity index (χ1n) is 15.6. The SMILES string of the molecule is N[C@H](CCCCNC(=O)CNC(=O)COc1ccc([C@@H]2[C@@H](SCC(O)c3ccc4c(c3)OCO4)C(=O)N2c2ccc(F)cc2)cc1)C(=O)O. The maximum Gasteiger partial charge on any atom is 0.320 e. The molecule has 2 aliphatic rings. The highest BCUT2D eigenvalue weighted by molar-refractivity contribution is 8.00. The Balaban J connectivity index is 1.13. The molecule has 2 aliphatic heterocycles. The van der Waals surface area contributed by atoms with Gasteiger partial charge in [0.1, 0.15) is 22.9 Å². The van der Waals surface area contributed by atoms with Gasteiger partial charge in [0, 0.05) is 18.0 Å². The monoisotopic (exact) mass is 696 g/mol. The number of carbonyl (C=O) groups excluding carboxylic acids is 3. The number of unbranched alkanes of at least 4 members (excludes halogenated alkanes) is 1. The number of anilines is 1. The highest BCUT2D eigenvalue weighted by Crippen LogP contribution is 2.46. The summed E-state index contributed by atoms with van der Waals surface area (Å²) in [6.07, 6.45) is 0.534. The molecule has 13 nitrogen and oxygen atoms in total. The number of aliphatic hydroxyl groups is 1. The number of nitrogens with zero attached hydrogens (tertiary/aromatic N) is 1. The van der Waals surface area contributed by atoms with E-state index in [0.717, 1.165) is 5.56 Å². The number of carboxylic acids is 1. The molecule has 5 rings (SSSR count). The fourth-order valence-corrected chi connectivity index (χ4v) is 6.59. The molecule has 49 heavy (non-hydrogen) atoms. The molecule has 2 heterocycles. The average Bonchev–Trinajstić information content (AvgIpc) is 3.57. The van der Waals surface area contributed by atoms with Crippen molar-refractivity contribution in [3.8, 4) is 17.2 Å². The first-order valence-corrected chi connectivity index (χ1v) is 16.7. The summed E-state index contributed by atoms with van der Waals surface area (Å²) in [4.78, 5) is 50.0. The third kappa shape index (κ3) is 9.19. The van der Waals surface area contributed by atoms with E-state index in [4.69, 9.17) is 25.1 Å². The molecule has 6 N–H and O–H groups in total. The van der Waals surface area contributed by atoms with Crippen molar-refractivity contribution in [3.63, 3.8) is 0 Å². The van der Waals surface area contributed by atoms with Gasteiger partial charge in [-0.3, -0.25) is 19.2 Å². The van der Waals surface area contributed by atoms with Gasteiger partial charge < -0.3 is 45.7 Å². The maximum absolute atomic E-state index is 13.7. The second-order valence-corrected chi connectivity index (χ2v) is 12.6. The second-order valence-electron chi connectivity index (χ2n) is 11.4. The highest BCUT2D eigenvalue weighted by atomic mass is 32.2. The number of aliphatic hydroxyl groups excluding tert-OH is 1. The summed E-state index contributed by atoms with van der Waals surface area (Å²) < 4.78 is 30.0. The van der Waals surface area contributed by atoms with Gasteiger partial charge in [-0.15, -0.1) is 11.8 Å². The summed E-state index contributed by atoms with van der Waals surface area (Å²) in [5, 5.41) is 24.3. The highest BCUT2D eigenvalue weighted by Gasteiger charge is 2.49. The molecule has 4 atom stereocenters. The van der Waals surface area contributed by atoms with E-state index in [2.05, 4.69) is 10.6 Å². The Morgan fingerprint density at radius 3 is 2.47 bits per heavy atom. The molecular formula is C34H37FN4O9S. The Bertz CT molecular complexity index is 1640. The van der Waals surface area contributed by atoms with Crippen molar-refractivity contribution in [1.82, 2.24) is 10.6 Å². The topological polar surface area (TPSA) is 190 Å². The van der Waals surface area contributed by atoms with Gasteiger partial charge in [0.05, 0.1) is 18.7 Å². The molecule has 0 saturated carbocycles. The summed E-state index contributed by atoms with van der Waals surface area (Å²) in [5.74, 6) is -0.776. The summed E-state index contributed by atoms with van der Waals surface area (Å²) in [5.41, 5.74) is 7.39. The van der Waals surface area contributed by atoms with Gasteiger partial charge in [-0.2, -0.15) is 0 Å². The number of amides is 3. The van der Waals surface area contributed by atoms with Crippen LogP contribution in [-0.4, -0.2) is 77.4 Å². The lowest BCUT2D eigenvalue weighted by Crippen LogP contribution is -2.57. The number of nitrogens with one attached hydrogen (secondary N) is 2. The van der Waals surface area contributed by atoms with Crippen LogP contribution in [0.4, 0.5) is 10.1 Å². The number of carboxylic acid groups (broad SMARTS) is 1. The van der Waals surface area contributed by atoms with Crippen LogP contribution in [0.1, 0.15) is 42.5 Å². The predicted molar refractivity (Wildman–Crippen MR) is 178 cm³/mol. The number of hydrogen-bond donors (Lipinski definition) is 5. The van der Waals surface area contributed by atoms with E-state index in [1.54, 1.807) is 47.4 Å². The fourth-order valence-electron chi connectivity index (χ4n) is 5.29. The van der Waals surface area contributed by atoms with Crippen molar-refractivity contribution in [2.24, 2.45) is 5.73 Å². The van der Waals surface area contributed by atoms with Crippen molar-refractivity contribution < 1.29 is 48.0 Å². The number of β-lactam (4-membered cyclic amide) rings is 1. The van der Waals surface area contributed by atoms with E-state index in [1.165, 1.54) is 36.0 Å². The van der Waals surface area contributed by atoms with Crippen LogP contribution in [0.2, 0.25) is 0 Å². The number of aliphatic carboxylic acids is 1. The van der Waals surface area contributed by atoms with Crippen LogP contribution >= 0.6 is 11.8 Å². The van der Waals surface area contributed by atoms with E-state index in [-0.39, 0.29) is 31.6 Å². The third-order valence-electron chi connectivity index (χ3n) is 7.98. The van der Waals surface area contributed by atoms with Gasteiger partial charge in [-0.25, -0.2) is 4.39 Å². The summed E-state index contributed by atoms with van der Waals surface area (Å²) in [6, 6.07) is 16.4. The minimum Gasteiger partial charge on any atom is -0.484 e.